The molecular weight excluding hydrogens is 162 g/mol. The molecule has 1 rings (SSSR count). The first-order chi connectivity index (χ1) is 4.72. The largest absolute Gasteiger partial charge is 0.269 e. The number of nitrogens with zero attached hydrogens (tertiary/aromatic N) is 1. The molecule has 2 unspecified atom stereocenters. The van der Waals surface area contributed by atoms with Gasteiger partial charge in [-0.05, 0) is 20.3 Å². The van der Waals surface area contributed by atoms with Crippen LogP contribution in [0.15, 0.2) is 4.99 Å². The molecule has 1 nitrogen and oxygen atoms in total. The topological polar surface area (TPSA) is 12.4 Å². The lowest BCUT2D eigenvalue weighted by Crippen LogP contribution is -2.11. The van der Waals surface area contributed by atoms with E-state index < -0.39 is 0 Å². The first kappa shape index (κ1) is 8.47. The molecule has 2 atom stereocenters. The summed E-state index contributed by atoms with van der Waals surface area (Å²) in [4.78, 5) is 4.42. The van der Waals surface area contributed by atoms with Crippen LogP contribution >= 0.6 is 23.5 Å². The lowest BCUT2D eigenvalue weighted by atomic mass is 10.6. The molecule has 0 spiro atoms. The Morgan fingerprint density at radius 1 is 1.60 bits per heavy atom. The van der Waals surface area contributed by atoms with E-state index in [0.717, 1.165) is 4.58 Å². The molecule has 0 aliphatic carbocycles. The summed E-state index contributed by atoms with van der Waals surface area (Å²) >= 11 is 3.87. The summed E-state index contributed by atoms with van der Waals surface area (Å²) in [6.07, 6.45) is 1.24. The first-order valence-corrected chi connectivity index (χ1v) is 5.41. The van der Waals surface area contributed by atoms with Crippen molar-refractivity contribution >= 4 is 28.6 Å². The minimum absolute atomic E-state index is 0.478. The van der Waals surface area contributed by atoms with Crippen LogP contribution in [0.5, 0.6) is 0 Å². The fourth-order valence-electron chi connectivity index (χ4n) is 0.934. The lowest BCUT2D eigenvalue weighted by Gasteiger charge is -2.21. The van der Waals surface area contributed by atoms with E-state index in [2.05, 4.69) is 25.8 Å². The second-order valence-electron chi connectivity index (χ2n) is 2.34. The second kappa shape index (κ2) is 3.67. The van der Waals surface area contributed by atoms with Gasteiger partial charge in [0.25, 0.3) is 0 Å². The summed E-state index contributed by atoms with van der Waals surface area (Å²) in [7, 11) is 0. The third kappa shape index (κ3) is 2.20. The first-order valence-electron chi connectivity index (χ1n) is 3.59. The van der Waals surface area contributed by atoms with E-state index >= 15 is 0 Å². The maximum Gasteiger partial charge on any atom is 0.0943 e. The molecule has 1 aliphatic heterocycles. The van der Waals surface area contributed by atoms with Gasteiger partial charge in [0.05, 0.1) is 15.0 Å². The molecule has 0 bridgehead atoms. The van der Waals surface area contributed by atoms with Crippen molar-refractivity contribution in [3.63, 3.8) is 0 Å². The van der Waals surface area contributed by atoms with Gasteiger partial charge in [-0.15, -0.1) is 11.8 Å². The normalized spacial score (nSPS) is 33.7. The molecule has 58 valence electrons. The van der Waals surface area contributed by atoms with Crippen LogP contribution in [0.3, 0.4) is 0 Å². The molecule has 1 heterocycles. The van der Waals surface area contributed by atoms with E-state index in [-0.39, 0.29) is 0 Å². The highest BCUT2D eigenvalue weighted by Gasteiger charge is 2.17. The van der Waals surface area contributed by atoms with Gasteiger partial charge in [0.15, 0.2) is 0 Å². The molecule has 0 saturated carbocycles. The predicted octanol–water partition coefficient (Wildman–Crippen LogP) is 2.97. The molecule has 0 saturated heterocycles. The highest BCUT2D eigenvalue weighted by atomic mass is 32.2. The average Bonchev–Trinajstić information content (AvgIpc) is 1.85. The fourth-order valence-corrected chi connectivity index (χ4v) is 3.74. The molecule has 0 aromatic rings. The van der Waals surface area contributed by atoms with Gasteiger partial charge in [-0.1, -0.05) is 18.7 Å². The van der Waals surface area contributed by atoms with E-state index in [1.54, 1.807) is 0 Å². The Hall–Kier alpha value is 0.370. The summed E-state index contributed by atoms with van der Waals surface area (Å²) in [6, 6.07) is 0. The highest BCUT2D eigenvalue weighted by Crippen LogP contribution is 2.35. The van der Waals surface area contributed by atoms with Gasteiger partial charge in [-0.3, -0.25) is 4.99 Å². The van der Waals surface area contributed by atoms with Gasteiger partial charge >= 0.3 is 0 Å². The highest BCUT2D eigenvalue weighted by molar-refractivity contribution is 8.25. The Balaban J connectivity index is 2.52. The van der Waals surface area contributed by atoms with Crippen molar-refractivity contribution in [2.75, 3.05) is 0 Å². The maximum atomic E-state index is 4.42. The summed E-state index contributed by atoms with van der Waals surface area (Å²) in [6.45, 7) is 6.50. The van der Waals surface area contributed by atoms with Crippen molar-refractivity contribution < 1.29 is 0 Å². The van der Waals surface area contributed by atoms with E-state index in [9.17, 15) is 0 Å². The van der Waals surface area contributed by atoms with Crippen LogP contribution in [-0.4, -0.2) is 15.0 Å². The Morgan fingerprint density at radius 2 is 2.30 bits per heavy atom. The van der Waals surface area contributed by atoms with Crippen LogP contribution in [0.1, 0.15) is 27.2 Å². The van der Waals surface area contributed by atoms with Crippen LogP contribution in [0, 0.1) is 0 Å². The molecular formula is C7H13NS2. The van der Waals surface area contributed by atoms with Crippen molar-refractivity contribution in [1.29, 1.82) is 0 Å². The van der Waals surface area contributed by atoms with Crippen LogP contribution in [-0.2, 0) is 0 Å². The minimum atomic E-state index is 0.478. The van der Waals surface area contributed by atoms with Gasteiger partial charge in [0, 0.05) is 0 Å². The maximum absolute atomic E-state index is 4.42. The SMILES string of the molecule is CCC1SC(C)=NC(C)S1. The van der Waals surface area contributed by atoms with Crippen LogP contribution in [0.25, 0.3) is 0 Å². The zero-order valence-electron chi connectivity index (χ0n) is 6.63. The smallest absolute Gasteiger partial charge is 0.0943 e. The fraction of sp³-hybridized carbons (Fsp3) is 0.857. The van der Waals surface area contributed by atoms with Crippen molar-refractivity contribution in [2.45, 2.75) is 37.1 Å². The third-order valence-electron chi connectivity index (χ3n) is 1.35. The Kier molecular flexibility index (Phi) is 3.11. The van der Waals surface area contributed by atoms with E-state index in [4.69, 9.17) is 0 Å². The number of aliphatic imine (C=N–C) groups is 1. The number of hydrogen-bond donors (Lipinski definition) is 0. The third-order valence-corrected chi connectivity index (χ3v) is 4.15. The zero-order chi connectivity index (χ0) is 7.56. The Bertz CT molecular complexity index is 145. The zero-order valence-corrected chi connectivity index (χ0v) is 8.26. The summed E-state index contributed by atoms with van der Waals surface area (Å²) in [5.41, 5.74) is 0. The van der Waals surface area contributed by atoms with Gasteiger partial charge in [0.2, 0.25) is 0 Å². The van der Waals surface area contributed by atoms with Crippen molar-refractivity contribution in [3.05, 3.63) is 0 Å². The molecule has 0 aromatic heterocycles. The van der Waals surface area contributed by atoms with E-state index in [1.807, 2.05) is 23.5 Å². The molecule has 10 heavy (non-hydrogen) atoms. The predicted molar refractivity (Wildman–Crippen MR) is 51.8 cm³/mol. The molecule has 0 aromatic carbocycles. The Morgan fingerprint density at radius 3 is 2.80 bits per heavy atom. The average molecular weight is 175 g/mol. The number of rotatable bonds is 1. The summed E-state index contributed by atoms with van der Waals surface area (Å²) in [5, 5.41) is 1.73. The molecule has 0 fully saturated rings. The second-order valence-corrected chi connectivity index (χ2v) is 5.56. The quantitative estimate of drug-likeness (QED) is 0.607. The summed E-state index contributed by atoms with van der Waals surface area (Å²) in [5.74, 6) is 0. The van der Waals surface area contributed by atoms with Crippen LogP contribution in [0.2, 0.25) is 0 Å². The Labute approximate surface area is 71.1 Å². The van der Waals surface area contributed by atoms with Gasteiger partial charge < -0.3 is 0 Å². The van der Waals surface area contributed by atoms with Crippen molar-refractivity contribution in [1.82, 2.24) is 0 Å². The standard InChI is InChI=1S/C7H13NS2/c1-4-7-9-5(2)8-6(3)10-7/h5,7H,4H2,1-3H3. The molecule has 0 N–H and O–H groups in total. The van der Waals surface area contributed by atoms with Crippen LogP contribution < -0.4 is 0 Å². The van der Waals surface area contributed by atoms with Crippen molar-refractivity contribution in [2.24, 2.45) is 4.99 Å². The molecule has 1 aliphatic rings. The molecule has 0 amide bonds. The monoisotopic (exact) mass is 175 g/mol. The van der Waals surface area contributed by atoms with Crippen molar-refractivity contribution in [3.8, 4) is 0 Å². The van der Waals surface area contributed by atoms with Gasteiger partial charge in [-0.2, -0.15) is 0 Å². The lowest BCUT2D eigenvalue weighted by molar-refractivity contribution is 0.997. The number of hydrogen-bond acceptors (Lipinski definition) is 3. The molecule has 0 radical (unpaired) electrons. The summed E-state index contributed by atoms with van der Waals surface area (Å²) < 4.78 is 0.743. The molecule has 3 heteroatoms. The van der Waals surface area contributed by atoms with Gasteiger partial charge in [-0.25, -0.2) is 0 Å². The van der Waals surface area contributed by atoms with Gasteiger partial charge in [0.1, 0.15) is 0 Å². The van der Waals surface area contributed by atoms with E-state index in [0.29, 0.717) is 5.37 Å². The van der Waals surface area contributed by atoms with E-state index in [1.165, 1.54) is 11.5 Å². The number of thioether (sulfide) groups is 2. The van der Waals surface area contributed by atoms with Crippen LogP contribution in [0.4, 0.5) is 0 Å². The minimum Gasteiger partial charge on any atom is -0.269 e.